The van der Waals surface area contributed by atoms with Crippen LogP contribution in [0.15, 0.2) is 58.8 Å². The van der Waals surface area contributed by atoms with Crippen molar-refractivity contribution >= 4 is 23.9 Å². The predicted octanol–water partition coefficient (Wildman–Crippen LogP) is 4.23. The van der Waals surface area contributed by atoms with Crippen LogP contribution in [0, 0.1) is 0 Å². The summed E-state index contributed by atoms with van der Waals surface area (Å²) < 4.78 is 46.0. The van der Waals surface area contributed by atoms with Crippen molar-refractivity contribution in [2.75, 3.05) is 12.9 Å². The molecule has 7 nitrogen and oxygen atoms in total. The van der Waals surface area contributed by atoms with Crippen LogP contribution >= 0.6 is 11.8 Å². The SMILES string of the molecule is CCn1c(SCC(=O)NN=Cc2ccccc2C(F)(F)F)nnc1-c1ccc(OC)cc1. The van der Waals surface area contributed by atoms with E-state index < -0.39 is 17.6 Å². The molecule has 0 fully saturated rings. The molecule has 1 aromatic heterocycles. The Hall–Kier alpha value is -3.34. The normalized spacial score (nSPS) is 11.7. The molecule has 3 aromatic rings. The van der Waals surface area contributed by atoms with Crippen LogP contribution in [0.25, 0.3) is 11.4 Å². The van der Waals surface area contributed by atoms with Crippen molar-refractivity contribution in [1.82, 2.24) is 20.2 Å². The summed E-state index contributed by atoms with van der Waals surface area (Å²) >= 11 is 1.16. The van der Waals surface area contributed by atoms with E-state index in [9.17, 15) is 18.0 Å². The zero-order chi connectivity index (χ0) is 23.1. The Labute approximate surface area is 186 Å². The maximum absolute atomic E-state index is 13.0. The third kappa shape index (κ3) is 5.67. The second-order valence-corrected chi connectivity index (χ2v) is 7.39. The highest BCUT2D eigenvalue weighted by molar-refractivity contribution is 7.99. The molecule has 168 valence electrons. The number of carbonyl (C=O) groups is 1. The predicted molar refractivity (Wildman–Crippen MR) is 116 cm³/mol. The number of nitrogens with zero attached hydrogens (tertiary/aromatic N) is 4. The Morgan fingerprint density at radius 3 is 2.56 bits per heavy atom. The van der Waals surface area contributed by atoms with Crippen LogP contribution in [0.1, 0.15) is 18.1 Å². The van der Waals surface area contributed by atoms with Crippen LogP contribution < -0.4 is 10.2 Å². The molecule has 0 bridgehead atoms. The smallest absolute Gasteiger partial charge is 0.417 e. The van der Waals surface area contributed by atoms with Crippen LogP contribution in [0.4, 0.5) is 13.2 Å². The van der Waals surface area contributed by atoms with Crippen molar-refractivity contribution in [2.24, 2.45) is 5.10 Å². The van der Waals surface area contributed by atoms with Crippen molar-refractivity contribution in [3.05, 3.63) is 59.7 Å². The van der Waals surface area contributed by atoms with Gasteiger partial charge in [0, 0.05) is 17.7 Å². The Bertz CT molecular complexity index is 1100. The lowest BCUT2D eigenvalue weighted by atomic mass is 10.1. The molecule has 3 rings (SSSR count). The summed E-state index contributed by atoms with van der Waals surface area (Å²) in [6.45, 7) is 2.52. The molecular weight excluding hydrogens is 443 g/mol. The van der Waals surface area contributed by atoms with Gasteiger partial charge in [-0.2, -0.15) is 18.3 Å². The minimum Gasteiger partial charge on any atom is -0.497 e. The monoisotopic (exact) mass is 463 g/mol. The maximum atomic E-state index is 13.0. The first-order valence-electron chi connectivity index (χ1n) is 9.52. The standard InChI is InChI=1S/C21H20F3N5O2S/c1-3-29-19(14-8-10-16(31-2)11-9-14)27-28-20(29)32-13-18(30)26-25-12-15-6-4-5-7-17(15)21(22,23)24/h4-12H,3,13H2,1-2H3,(H,26,30). The fourth-order valence-electron chi connectivity index (χ4n) is 2.84. The summed E-state index contributed by atoms with van der Waals surface area (Å²) in [6.07, 6.45) is -3.53. The third-order valence-electron chi connectivity index (χ3n) is 4.37. The molecule has 0 aliphatic carbocycles. The maximum Gasteiger partial charge on any atom is 0.417 e. The number of hydrogen-bond donors (Lipinski definition) is 1. The topological polar surface area (TPSA) is 81.4 Å². The van der Waals surface area contributed by atoms with Crippen LogP contribution in [-0.2, 0) is 17.5 Å². The van der Waals surface area contributed by atoms with Gasteiger partial charge < -0.3 is 9.30 Å². The molecule has 1 amide bonds. The van der Waals surface area contributed by atoms with E-state index in [0.717, 1.165) is 35.4 Å². The van der Waals surface area contributed by atoms with Crippen LogP contribution in [-0.4, -0.2) is 39.7 Å². The number of hydrazone groups is 1. The molecular formula is C21H20F3N5O2S. The van der Waals surface area contributed by atoms with Gasteiger partial charge in [-0.3, -0.25) is 4.79 Å². The van der Waals surface area contributed by atoms with Gasteiger partial charge in [-0.25, -0.2) is 5.43 Å². The molecule has 1 N–H and O–H groups in total. The van der Waals surface area contributed by atoms with Gasteiger partial charge in [0.05, 0.1) is 24.6 Å². The Balaban J connectivity index is 1.62. The van der Waals surface area contributed by atoms with Gasteiger partial charge in [0.1, 0.15) is 5.75 Å². The van der Waals surface area contributed by atoms with Crippen molar-refractivity contribution in [1.29, 1.82) is 0 Å². The van der Waals surface area contributed by atoms with Crippen molar-refractivity contribution in [2.45, 2.75) is 24.8 Å². The molecule has 32 heavy (non-hydrogen) atoms. The highest BCUT2D eigenvalue weighted by atomic mass is 32.2. The van der Waals surface area contributed by atoms with Gasteiger partial charge in [0.25, 0.3) is 5.91 Å². The second-order valence-electron chi connectivity index (χ2n) is 6.45. The fourth-order valence-corrected chi connectivity index (χ4v) is 3.63. The van der Waals surface area contributed by atoms with Gasteiger partial charge in [0.15, 0.2) is 11.0 Å². The van der Waals surface area contributed by atoms with Crippen molar-refractivity contribution < 1.29 is 22.7 Å². The van der Waals surface area contributed by atoms with Gasteiger partial charge in [-0.15, -0.1) is 10.2 Å². The van der Waals surface area contributed by atoms with E-state index >= 15 is 0 Å². The first-order chi connectivity index (χ1) is 15.3. The molecule has 0 aliphatic rings. The number of aromatic nitrogens is 3. The highest BCUT2D eigenvalue weighted by Crippen LogP contribution is 2.31. The molecule has 0 atom stereocenters. The molecule has 2 aromatic carbocycles. The molecule has 0 saturated heterocycles. The lowest BCUT2D eigenvalue weighted by molar-refractivity contribution is -0.137. The van der Waals surface area contributed by atoms with E-state index in [2.05, 4.69) is 20.7 Å². The van der Waals surface area contributed by atoms with E-state index in [0.29, 0.717) is 17.5 Å². The van der Waals surface area contributed by atoms with Crippen molar-refractivity contribution in [3.63, 3.8) is 0 Å². The Morgan fingerprint density at radius 2 is 1.91 bits per heavy atom. The van der Waals surface area contributed by atoms with Crippen LogP contribution in [0.2, 0.25) is 0 Å². The van der Waals surface area contributed by atoms with Gasteiger partial charge in [0.2, 0.25) is 0 Å². The van der Waals surface area contributed by atoms with E-state index in [-0.39, 0.29) is 11.3 Å². The summed E-state index contributed by atoms with van der Waals surface area (Å²) in [4.78, 5) is 12.1. The van der Waals surface area contributed by atoms with Gasteiger partial charge >= 0.3 is 6.18 Å². The minimum atomic E-state index is -4.51. The Morgan fingerprint density at radius 1 is 1.19 bits per heavy atom. The number of carbonyl (C=O) groups excluding carboxylic acids is 1. The highest BCUT2D eigenvalue weighted by Gasteiger charge is 2.32. The van der Waals surface area contributed by atoms with E-state index in [1.54, 1.807) is 7.11 Å². The number of hydrogen-bond acceptors (Lipinski definition) is 6. The van der Waals surface area contributed by atoms with E-state index in [1.165, 1.54) is 18.2 Å². The first-order valence-corrected chi connectivity index (χ1v) is 10.5. The third-order valence-corrected chi connectivity index (χ3v) is 5.34. The molecule has 0 unspecified atom stereocenters. The first kappa shape index (κ1) is 23.3. The zero-order valence-electron chi connectivity index (χ0n) is 17.3. The molecule has 11 heteroatoms. The number of thioether (sulfide) groups is 1. The summed E-state index contributed by atoms with van der Waals surface area (Å²) in [5, 5.41) is 12.5. The molecule has 0 radical (unpaired) electrons. The molecule has 1 heterocycles. The van der Waals surface area contributed by atoms with Crippen LogP contribution in [0.5, 0.6) is 5.75 Å². The van der Waals surface area contributed by atoms with E-state index in [1.807, 2.05) is 35.8 Å². The van der Waals surface area contributed by atoms with Gasteiger partial charge in [-0.05, 0) is 37.3 Å². The number of methoxy groups -OCH3 is 1. The number of amides is 1. The average Bonchev–Trinajstić information content (AvgIpc) is 3.20. The second kappa shape index (κ2) is 10.3. The number of nitrogens with one attached hydrogen (secondary N) is 1. The molecule has 0 spiro atoms. The number of ether oxygens (including phenoxy) is 1. The quantitative estimate of drug-likeness (QED) is 0.307. The number of rotatable bonds is 8. The van der Waals surface area contributed by atoms with Gasteiger partial charge in [-0.1, -0.05) is 30.0 Å². The zero-order valence-corrected chi connectivity index (χ0v) is 18.1. The summed E-state index contributed by atoms with van der Waals surface area (Å²) in [7, 11) is 1.59. The average molecular weight is 463 g/mol. The largest absolute Gasteiger partial charge is 0.497 e. The minimum absolute atomic E-state index is 0.0288. The number of benzene rings is 2. The lowest BCUT2D eigenvalue weighted by Gasteiger charge is -2.09. The summed E-state index contributed by atoms with van der Waals surface area (Å²) in [5.74, 6) is 0.868. The summed E-state index contributed by atoms with van der Waals surface area (Å²) in [5.41, 5.74) is 2.13. The number of alkyl halides is 3. The van der Waals surface area contributed by atoms with Crippen LogP contribution in [0.3, 0.4) is 0 Å². The fraction of sp³-hybridized carbons (Fsp3) is 0.238. The Kier molecular flexibility index (Phi) is 7.52. The van der Waals surface area contributed by atoms with Crippen molar-refractivity contribution in [3.8, 4) is 17.1 Å². The summed E-state index contributed by atoms with van der Waals surface area (Å²) in [6, 6.07) is 12.4. The lowest BCUT2D eigenvalue weighted by Crippen LogP contribution is -2.20. The number of halogens is 3. The molecule has 0 aliphatic heterocycles. The molecule has 0 saturated carbocycles. The van der Waals surface area contributed by atoms with E-state index in [4.69, 9.17) is 4.74 Å².